The third-order valence-corrected chi connectivity index (χ3v) is 13.0. The van der Waals surface area contributed by atoms with Crippen LogP contribution in [0.2, 0.25) is 0 Å². The molecule has 1 unspecified atom stereocenters. The van der Waals surface area contributed by atoms with Gasteiger partial charge in [-0.25, -0.2) is 5.43 Å². The summed E-state index contributed by atoms with van der Waals surface area (Å²) in [4.78, 5) is 62.8. The standard InChI is InChI=1S/C49H64N6O7/c1-9-54-41-19-18-33-26-37(41)38(44(54)36-16-12-20-50-42(36)30(4)61-8)27-49(5,6)28-62-48(60)39-17-13-21-55(52-39)47(59)40(24-31-22-34(33)25-35(56)23-31)51-45(57)43(29(2)3)53(7)46(58)32-14-10-11-15-32/h12,16,18-20,22-23,25-26,29-30,32,39-40,43,52,56H,9-11,13-15,17,21,24,27-28H2,1-8H3,(H,51,57)/t30-,39-,40-,43?/m0/s1. The van der Waals surface area contributed by atoms with Crippen LogP contribution in [0, 0.1) is 17.3 Å². The lowest BCUT2D eigenvalue weighted by Gasteiger charge is -2.37. The Morgan fingerprint density at radius 2 is 1.81 bits per heavy atom. The number of nitrogens with zero attached hydrogens (tertiary/aromatic N) is 4. The third-order valence-electron chi connectivity index (χ3n) is 13.0. The molecule has 4 heterocycles. The zero-order valence-electron chi connectivity index (χ0n) is 37.6. The summed E-state index contributed by atoms with van der Waals surface area (Å²) in [6, 6.07) is 12.9. The molecule has 7 rings (SSSR count). The van der Waals surface area contributed by atoms with E-state index in [1.807, 2.05) is 39.0 Å². The molecule has 3 amide bonds. The number of benzene rings is 2. The molecule has 2 aliphatic heterocycles. The van der Waals surface area contributed by atoms with E-state index in [0.29, 0.717) is 37.9 Å². The van der Waals surface area contributed by atoms with E-state index in [0.717, 1.165) is 70.2 Å². The van der Waals surface area contributed by atoms with E-state index in [2.05, 4.69) is 54.3 Å². The fourth-order valence-electron chi connectivity index (χ4n) is 9.85. The van der Waals surface area contributed by atoms with Crippen LogP contribution in [0.5, 0.6) is 5.75 Å². The Bertz CT molecular complexity index is 2310. The average molecular weight is 849 g/mol. The van der Waals surface area contributed by atoms with Gasteiger partial charge in [0.15, 0.2) is 0 Å². The van der Waals surface area contributed by atoms with E-state index in [4.69, 9.17) is 14.5 Å². The fourth-order valence-corrected chi connectivity index (χ4v) is 9.85. The average Bonchev–Trinajstić information content (AvgIpc) is 3.90. The highest BCUT2D eigenvalue weighted by molar-refractivity contribution is 5.96. The number of aromatic hydroxyl groups is 1. The smallest absolute Gasteiger partial charge is 0.324 e. The molecule has 0 radical (unpaired) electrons. The normalized spacial score (nSPS) is 20.8. The molecule has 3 aliphatic rings. The number of hydrogen-bond acceptors (Lipinski definition) is 9. The number of likely N-dealkylation sites (N-methyl/N-ethyl adjacent to an activating group) is 1. The number of esters is 1. The van der Waals surface area contributed by atoms with Crippen LogP contribution in [0.4, 0.5) is 0 Å². The van der Waals surface area contributed by atoms with Crippen LogP contribution in [0.1, 0.15) is 103 Å². The van der Waals surface area contributed by atoms with Crippen molar-refractivity contribution >= 4 is 34.6 Å². The minimum Gasteiger partial charge on any atom is -0.508 e. The predicted octanol–water partition coefficient (Wildman–Crippen LogP) is 7.12. The molecule has 13 nitrogen and oxygen atoms in total. The van der Waals surface area contributed by atoms with Crippen molar-refractivity contribution in [2.45, 2.75) is 124 Å². The molecule has 2 fully saturated rings. The number of ether oxygens (including phenoxy) is 2. The number of pyridine rings is 1. The number of rotatable bonds is 9. The van der Waals surface area contributed by atoms with E-state index in [1.54, 1.807) is 37.4 Å². The summed E-state index contributed by atoms with van der Waals surface area (Å²) in [5.41, 5.74) is 9.77. The van der Waals surface area contributed by atoms with Crippen molar-refractivity contribution in [2.24, 2.45) is 17.3 Å². The second-order valence-corrected chi connectivity index (χ2v) is 18.7. The number of phenols is 1. The van der Waals surface area contributed by atoms with Crippen LogP contribution in [0.25, 0.3) is 33.3 Å². The maximum Gasteiger partial charge on any atom is 0.324 e. The quantitative estimate of drug-likeness (QED) is 0.149. The summed E-state index contributed by atoms with van der Waals surface area (Å²) >= 11 is 0. The molecule has 62 heavy (non-hydrogen) atoms. The molecular weight excluding hydrogens is 785 g/mol. The molecule has 0 spiro atoms. The van der Waals surface area contributed by atoms with Crippen molar-refractivity contribution in [1.29, 1.82) is 0 Å². The molecule has 332 valence electrons. The number of aryl methyl sites for hydroxylation is 1. The number of phenolic OH excluding ortho intramolecular Hbond substituents is 1. The first-order chi connectivity index (χ1) is 29.6. The zero-order valence-corrected chi connectivity index (χ0v) is 37.6. The van der Waals surface area contributed by atoms with Crippen LogP contribution in [-0.4, -0.2) is 93.7 Å². The van der Waals surface area contributed by atoms with Gasteiger partial charge in [0.25, 0.3) is 5.91 Å². The first-order valence-corrected chi connectivity index (χ1v) is 22.4. The number of carbonyl (C=O) groups excluding carboxylic acids is 4. The van der Waals surface area contributed by atoms with Gasteiger partial charge in [-0.1, -0.05) is 52.7 Å². The van der Waals surface area contributed by atoms with Crippen LogP contribution in [0.15, 0.2) is 54.7 Å². The number of fused-ring (bicyclic) bond motifs is 6. The topological polar surface area (TPSA) is 155 Å². The van der Waals surface area contributed by atoms with Crippen LogP contribution in [0.3, 0.4) is 0 Å². The van der Waals surface area contributed by atoms with Crippen molar-refractivity contribution < 1.29 is 33.8 Å². The number of carbonyl (C=O) groups is 4. The second kappa shape index (κ2) is 18.6. The van der Waals surface area contributed by atoms with E-state index >= 15 is 0 Å². The maximum atomic E-state index is 14.6. The number of hydrogen-bond donors (Lipinski definition) is 3. The van der Waals surface area contributed by atoms with Crippen molar-refractivity contribution in [3.05, 3.63) is 71.5 Å². The van der Waals surface area contributed by atoms with Gasteiger partial charge in [0.05, 0.1) is 24.1 Å². The molecule has 4 aromatic rings. The molecule has 3 N–H and O–H groups in total. The summed E-state index contributed by atoms with van der Waals surface area (Å²) < 4.78 is 14.2. The lowest BCUT2D eigenvalue weighted by molar-refractivity contribution is -0.155. The Hall–Kier alpha value is -5.27. The van der Waals surface area contributed by atoms with Gasteiger partial charge in [-0.15, -0.1) is 0 Å². The Morgan fingerprint density at radius 3 is 2.52 bits per heavy atom. The Morgan fingerprint density at radius 1 is 1.05 bits per heavy atom. The lowest BCUT2D eigenvalue weighted by atomic mass is 9.84. The van der Waals surface area contributed by atoms with Crippen LogP contribution >= 0.6 is 0 Å². The van der Waals surface area contributed by atoms with Gasteiger partial charge in [0.1, 0.15) is 23.9 Å². The molecule has 13 heteroatoms. The SMILES string of the molecule is CCn1c(-c2cccnc2[C@H](C)OC)c2c3cc(ccc31)-c1cc(O)cc(c1)C[C@H](NC(=O)C(C(C)C)N(C)C(=O)C1CCCC1)C(=O)N1CCC[C@H](N1)C(=O)OCC(C)(C)C2. The van der Waals surface area contributed by atoms with Gasteiger partial charge in [-0.2, -0.15) is 0 Å². The van der Waals surface area contributed by atoms with E-state index < -0.39 is 41.3 Å². The van der Waals surface area contributed by atoms with Gasteiger partial charge in [-0.3, -0.25) is 29.2 Å². The Kier molecular flexibility index (Phi) is 13.4. The van der Waals surface area contributed by atoms with E-state index in [9.17, 15) is 24.3 Å². The number of methoxy groups -OCH3 is 1. The molecule has 2 aromatic heterocycles. The van der Waals surface area contributed by atoms with Gasteiger partial charge < -0.3 is 29.4 Å². The van der Waals surface area contributed by atoms with Crippen molar-refractivity contribution in [2.75, 3.05) is 27.3 Å². The lowest BCUT2D eigenvalue weighted by Crippen LogP contribution is -2.62. The third kappa shape index (κ3) is 9.25. The number of hydrazine groups is 1. The first kappa shape index (κ1) is 44.8. The fraction of sp³-hybridized carbons (Fsp3) is 0.531. The molecule has 1 aliphatic carbocycles. The molecule has 2 aromatic carbocycles. The van der Waals surface area contributed by atoms with Crippen molar-refractivity contribution in [3.63, 3.8) is 0 Å². The molecule has 6 bridgehead atoms. The molecule has 1 saturated carbocycles. The zero-order chi connectivity index (χ0) is 44.5. The summed E-state index contributed by atoms with van der Waals surface area (Å²) in [5.74, 6) is -1.70. The summed E-state index contributed by atoms with van der Waals surface area (Å²) in [6.07, 6.45) is 6.72. The largest absolute Gasteiger partial charge is 0.508 e. The highest BCUT2D eigenvalue weighted by Crippen LogP contribution is 2.42. The monoisotopic (exact) mass is 848 g/mol. The van der Waals surface area contributed by atoms with Crippen molar-refractivity contribution in [3.8, 4) is 28.1 Å². The van der Waals surface area contributed by atoms with E-state index in [-0.39, 0.29) is 42.6 Å². The van der Waals surface area contributed by atoms with Crippen LogP contribution < -0.4 is 10.7 Å². The van der Waals surface area contributed by atoms with Gasteiger partial charge in [-0.05, 0) is 111 Å². The Labute approximate surface area is 365 Å². The number of amides is 3. The second-order valence-electron chi connectivity index (χ2n) is 18.7. The maximum absolute atomic E-state index is 14.6. The number of cyclic esters (lactones) is 1. The molecular formula is C49H64N6O7. The molecule has 1 saturated heterocycles. The number of nitrogens with one attached hydrogen (secondary N) is 2. The predicted molar refractivity (Wildman–Crippen MR) is 239 cm³/mol. The Balaban J connectivity index is 1.35. The van der Waals surface area contributed by atoms with Gasteiger partial charge >= 0.3 is 5.97 Å². The highest BCUT2D eigenvalue weighted by atomic mass is 16.5. The van der Waals surface area contributed by atoms with Crippen LogP contribution in [-0.2, 0) is 48.0 Å². The summed E-state index contributed by atoms with van der Waals surface area (Å²) in [5, 5.41) is 16.8. The van der Waals surface area contributed by atoms with Crippen molar-refractivity contribution in [1.82, 2.24) is 30.2 Å². The summed E-state index contributed by atoms with van der Waals surface area (Å²) in [6.45, 7) is 13.2. The summed E-state index contributed by atoms with van der Waals surface area (Å²) in [7, 11) is 3.36. The minimum atomic E-state index is -1.09. The minimum absolute atomic E-state index is 0.0205. The van der Waals surface area contributed by atoms with E-state index in [1.165, 1.54) is 5.01 Å². The highest BCUT2D eigenvalue weighted by Gasteiger charge is 2.39. The number of aromatic nitrogens is 2. The molecule has 4 atom stereocenters. The van der Waals surface area contributed by atoms with Gasteiger partial charge in [0.2, 0.25) is 11.8 Å². The van der Waals surface area contributed by atoms with Gasteiger partial charge in [0, 0.05) is 67.7 Å². The first-order valence-electron chi connectivity index (χ1n) is 22.4.